The van der Waals surface area contributed by atoms with Gasteiger partial charge < -0.3 is 10.1 Å². The van der Waals surface area contributed by atoms with E-state index in [0.717, 1.165) is 63.6 Å². The van der Waals surface area contributed by atoms with E-state index in [9.17, 15) is 9.00 Å². The molecule has 1 aliphatic heterocycles. The fourth-order valence-corrected chi connectivity index (χ4v) is 6.37. The summed E-state index contributed by atoms with van der Waals surface area (Å²) in [6, 6.07) is 1.78. The fraction of sp³-hybridized carbons (Fsp3) is 0.545. The Labute approximate surface area is 177 Å². The number of nitrogens with one attached hydrogen (secondary N) is 1. The Balaban J connectivity index is 1.26. The number of benzene rings is 1. The SMILES string of the molecule is O=C(N=[SH](=O)c1cnn2c1OCC1(CCC1)C2)Nc1c2c(cc3c1CCC3)CCC2. The van der Waals surface area contributed by atoms with Crippen molar-refractivity contribution in [2.24, 2.45) is 9.78 Å². The number of fused-ring (bicyclic) bond motifs is 3. The van der Waals surface area contributed by atoms with E-state index in [-0.39, 0.29) is 5.41 Å². The van der Waals surface area contributed by atoms with Crippen LogP contribution in [-0.4, -0.2) is 26.6 Å². The zero-order valence-corrected chi connectivity index (χ0v) is 17.8. The Morgan fingerprint density at radius 1 is 1.13 bits per heavy atom. The van der Waals surface area contributed by atoms with Crippen molar-refractivity contribution in [1.29, 1.82) is 0 Å². The highest BCUT2D eigenvalue weighted by molar-refractivity contribution is 7.75. The van der Waals surface area contributed by atoms with E-state index < -0.39 is 16.6 Å². The van der Waals surface area contributed by atoms with Crippen molar-refractivity contribution < 1.29 is 13.7 Å². The minimum atomic E-state index is -2.26. The Hall–Kier alpha value is -2.35. The maximum atomic E-state index is 12.9. The van der Waals surface area contributed by atoms with E-state index in [4.69, 9.17) is 4.74 Å². The number of hydrogen-bond donors (Lipinski definition) is 2. The van der Waals surface area contributed by atoms with Crippen LogP contribution in [0.25, 0.3) is 0 Å². The molecule has 1 unspecified atom stereocenters. The van der Waals surface area contributed by atoms with Gasteiger partial charge in [0.2, 0.25) is 5.88 Å². The van der Waals surface area contributed by atoms with Crippen molar-refractivity contribution in [1.82, 2.24) is 9.78 Å². The topological polar surface area (TPSA) is 85.6 Å². The Kier molecular flexibility index (Phi) is 4.20. The third-order valence-electron chi connectivity index (χ3n) is 7.28. The van der Waals surface area contributed by atoms with Crippen molar-refractivity contribution in [2.75, 3.05) is 11.9 Å². The summed E-state index contributed by atoms with van der Waals surface area (Å²) in [4.78, 5) is 13.1. The van der Waals surface area contributed by atoms with Gasteiger partial charge in [-0.25, -0.2) is 13.7 Å². The molecule has 3 aliphatic carbocycles. The van der Waals surface area contributed by atoms with Crippen molar-refractivity contribution >= 4 is 22.3 Å². The summed E-state index contributed by atoms with van der Waals surface area (Å²) < 4.78 is 24.6. The number of hydrogen-bond acceptors (Lipinski definition) is 4. The summed E-state index contributed by atoms with van der Waals surface area (Å²) in [6.07, 6.45) is 11.4. The van der Waals surface area contributed by atoms with Crippen LogP contribution in [0, 0.1) is 5.41 Å². The maximum Gasteiger partial charge on any atom is 0.353 e. The first-order valence-corrected chi connectivity index (χ1v) is 12.2. The smallest absolute Gasteiger partial charge is 0.353 e. The van der Waals surface area contributed by atoms with Gasteiger partial charge in [-0.1, -0.05) is 12.5 Å². The lowest BCUT2D eigenvalue weighted by Crippen LogP contribution is -2.43. The van der Waals surface area contributed by atoms with Gasteiger partial charge in [-0.05, 0) is 73.6 Å². The number of thiol groups is 1. The van der Waals surface area contributed by atoms with Gasteiger partial charge in [0.15, 0.2) is 0 Å². The van der Waals surface area contributed by atoms with Gasteiger partial charge in [0, 0.05) is 11.1 Å². The molecule has 1 atom stereocenters. The second-order valence-electron chi connectivity index (χ2n) is 9.17. The van der Waals surface area contributed by atoms with Crippen molar-refractivity contribution in [3.05, 3.63) is 34.5 Å². The van der Waals surface area contributed by atoms with Crippen LogP contribution in [0.4, 0.5) is 10.5 Å². The van der Waals surface area contributed by atoms with Gasteiger partial charge in [-0.15, -0.1) is 4.36 Å². The second kappa shape index (κ2) is 6.83. The highest BCUT2D eigenvalue weighted by Gasteiger charge is 2.42. The molecular weight excluding hydrogens is 400 g/mol. The number of amides is 2. The standard InChI is InChI=1S/C22H26N4O3S/c27-21(24-19-16-6-1-4-14(16)10-15-5-2-7-17(15)19)25-30(28)18-11-23-26-12-22(8-3-9-22)13-29-20(18)26/h10-11,30H,1-9,12-13H2,(H,24,27). The first-order chi connectivity index (χ1) is 14.6. The third kappa shape index (κ3) is 2.87. The van der Waals surface area contributed by atoms with Crippen LogP contribution in [0.3, 0.4) is 0 Å². The molecule has 2 amide bonds. The third-order valence-corrected chi connectivity index (χ3v) is 8.36. The Bertz CT molecular complexity index is 1110. The van der Waals surface area contributed by atoms with Crippen LogP contribution in [0.15, 0.2) is 21.5 Å². The van der Waals surface area contributed by atoms with E-state index in [1.165, 1.54) is 28.7 Å². The quantitative estimate of drug-likeness (QED) is 0.718. The predicted molar refractivity (Wildman–Crippen MR) is 114 cm³/mol. The van der Waals surface area contributed by atoms with Gasteiger partial charge in [-0.2, -0.15) is 5.10 Å². The van der Waals surface area contributed by atoms with Crippen LogP contribution < -0.4 is 10.1 Å². The van der Waals surface area contributed by atoms with Crippen LogP contribution in [-0.2, 0) is 42.8 Å². The number of carbonyl (C=O) groups is 1. The summed E-state index contributed by atoms with van der Waals surface area (Å²) in [5, 5.41) is 7.35. The molecule has 0 radical (unpaired) electrons. The lowest BCUT2D eigenvalue weighted by atomic mass is 9.69. The number of aromatic nitrogens is 2. The lowest BCUT2D eigenvalue weighted by molar-refractivity contribution is 0.000165. The molecule has 2 aromatic rings. The average Bonchev–Trinajstić information content (AvgIpc) is 3.44. The fourth-order valence-electron chi connectivity index (χ4n) is 5.56. The monoisotopic (exact) mass is 426 g/mol. The van der Waals surface area contributed by atoms with Gasteiger partial charge in [0.1, 0.15) is 4.90 Å². The molecule has 0 bridgehead atoms. The predicted octanol–water partition coefficient (Wildman–Crippen LogP) is 3.68. The molecule has 2 heterocycles. The van der Waals surface area contributed by atoms with Crippen LogP contribution in [0.2, 0.25) is 0 Å². The molecule has 7 nitrogen and oxygen atoms in total. The van der Waals surface area contributed by atoms with Crippen LogP contribution in [0.5, 0.6) is 5.88 Å². The number of nitrogens with zero attached hydrogens (tertiary/aromatic N) is 3. The summed E-state index contributed by atoms with van der Waals surface area (Å²) in [7, 11) is -2.26. The largest absolute Gasteiger partial charge is 0.476 e. The number of anilines is 1. The zero-order chi connectivity index (χ0) is 20.3. The zero-order valence-electron chi connectivity index (χ0n) is 16.9. The number of aryl methyl sites for hydroxylation is 2. The maximum absolute atomic E-state index is 12.9. The van der Waals surface area contributed by atoms with E-state index in [1.54, 1.807) is 10.9 Å². The van der Waals surface area contributed by atoms with Crippen molar-refractivity contribution in [3.8, 4) is 5.88 Å². The minimum Gasteiger partial charge on any atom is -0.476 e. The summed E-state index contributed by atoms with van der Waals surface area (Å²) in [6.45, 7) is 1.42. The molecule has 30 heavy (non-hydrogen) atoms. The number of carbonyl (C=O) groups excluding carboxylic acids is 1. The van der Waals surface area contributed by atoms with Gasteiger partial charge >= 0.3 is 6.03 Å². The van der Waals surface area contributed by atoms with Crippen LogP contribution >= 0.6 is 0 Å². The molecule has 4 aliphatic rings. The Morgan fingerprint density at radius 3 is 2.53 bits per heavy atom. The van der Waals surface area contributed by atoms with Crippen molar-refractivity contribution in [3.63, 3.8) is 0 Å². The highest BCUT2D eigenvalue weighted by Crippen LogP contribution is 2.46. The van der Waals surface area contributed by atoms with E-state index in [1.807, 2.05) is 0 Å². The first kappa shape index (κ1) is 18.4. The number of rotatable bonds is 2. The molecule has 1 spiro atoms. The molecule has 158 valence electrons. The van der Waals surface area contributed by atoms with Crippen molar-refractivity contribution in [2.45, 2.75) is 69.2 Å². The van der Waals surface area contributed by atoms with Crippen LogP contribution in [0.1, 0.15) is 54.4 Å². The molecule has 8 heteroatoms. The summed E-state index contributed by atoms with van der Waals surface area (Å²) in [5.74, 6) is 0.506. The molecule has 0 saturated heterocycles. The normalized spacial score (nSPS) is 21.5. The molecular formula is C22H26N4O3S. The first-order valence-electron chi connectivity index (χ1n) is 11.0. The highest BCUT2D eigenvalue weighted by atomic mass is 32.2. The lowest BCUT2D eigenvalue weighted by Gasteiger charge is -2.44. The summed E-state index contributed by atoms with van der Waals surface area (Å²) >= 11 is 0. The van der Waals surface area contributed by atoms with E-state index in [0.29, 0.717) is 17.4 Å². The van der Waals surface area contributed by atoms with Gasteiger partial charge in [0.05, 0.1) is 29.9 Å². The molecule has 1 fully saturated rings. The number of urea groups is 1. The molecule has 1 aromatic heterocycles. The van der Waals surface area contributed by atoms with Gasteiger partial charge in [-0.3, -0.25) is 0 Å². The van der Waals surface area contributed by atoms with Gasteiger partial charge in [0.25, 0.3) is 0 Å². The minimum absolute atomic E-state index is 0.185. The number of ether oxygens (including phenoxy) is 1. The molecule has 1 aromatic carbocycles. The Morgan fingerprint density at radius 2 is 1.87 bits per heavy atom. The van der Waals surface area contributed by atoms with E-state index in [2.05, 4.69) is 20.8 Å². The second-order valence-corrected chi connectivity index (χ2v) is 10.4. The molecule has 1 N–H and O–H groups in total. The molecule has 6 rings (SSSR count). The summed E-state index contributed by atoms with van der Waals surface area (Å²) in [5.41, 5.74) is 6.29. The molecule has 1 saturated carbocycles. The average molecular weight is 427 g/mol. The van der Waals surface area contributed by atoms with E-state index >= 15 is 0 Å².